The standard InChI is InChI=1S/C26H36N2O2/c1-24-12-18-13-25(2,15-24)17-26(14-18,16-24)28-23(30)20-10-8-19(9-11-20)22(29)27-21-6-4-3-5-7-21/h8-11,18,21H,3-7,12-17H2,1-2H3,(H,27,29)(H,28,30). The Bertz CT molecular complexity index is 821. The van der Waals surface area contributed by atoms with Crippen LogP contribution in [0.4, 0.5) is 0 Å². The molecule has 6 rings (SSSR count). The fourth-order valence-corrected chi connectivity index (χ4v) is 8.19. The first-order valence-corrected chi connectivity index (χ1v) is 12.0. The van der Waals surface area contributed by atoms with Crippen molar-refractivity contribution in [1.82, 2.24) is 10.6 Å². The Labute approximate surface area is 180 Å². The van der Waals surface area contributed by atoms with Gasteiger partial charge in [0.25, 0.3) is 11.8 Å². The van der Waals surface area contributed by atoms with E-state index >= 15 is 0 Å². The van der Waals surface area contributed by atoms with Gasteiger partial charge < -0.3 is 10.6 Å². The van der Waals surface area contributed by atoms with Gasteiger partial charge >= 0.3 is 0 Å². The highest BCUT2D eigenvalue weighted by Gasteiger charge is 2.60. The molecule has 30 heavy (non-hydrogen) atoms. The summed E-state index contributed by atoms with van der Waals surface area (Å²) < 4.78 is 0. The molecule has 2 amide bonds. The van der Waals surface area contributed by atoms with Gasteiger partial charge in [0.05, 0.1) is 0 Å². The summed E-state index contributed by atoms with van der Waals surface area (Å²) in [6, 6.07) is 7.53. The van der Waals surface area contributed by atoms with E-state index < -0.39 is 0 Å². The third-order valence-corrected chi connectivity index (χ3v) is 8.35. The van der Waals surface area contributed by atoms with Crippen molar-refractivity contribution in [2.24, 2.45) is 16.7 Å². The predicted octanol–water partition coefficient (Wildman–Crippen LogP) is 5.23. The Hall–Kier alpha value is -1.84. The maximum absolute atomic E-state index is 13.1. The van der Waals surface area contributed by atoms with Gasteiger partial charge in [0.2, 0.25) is 0 Å². The van der Waals surface area contributed by atoms with Crippen molar-refractivity contribution in [1.29, 1.82) is 0 Å². The molecule has 0 radical (unpaired) electrons. The molecule has 0 aromatic heterocycles. The van der Waals surface area contributed by atoms with Gasteiger partial charge in [-0.3, -0.25) is 9.59 Å². The van der Waals surface area contributed by atoms with E-state index in [2.05, 4.69) is 24.5 Å². The minimum Gasteiger partial charge on any atom is -0.349 e. The number of hydrogen-bond acceptors (Lipinski definition) is 2. The van der Waals surface area contributed by atoms with Crippen molar-refractivity contribution in [3.63, 3.8) is 0 Å². The van der Waals surface area contributed by atoms with E-state index in [1.54, 1.807) is 12.1 Å². The Balaban J connectivity index is 1.25. The summed E-state index contributed by atoms with van der Waals surface area (Å²) in [5, 5.41) is 6.62. The van der Waals surface area contributed by atoms with Gasteiger partial charge in [-0.1, -0.05) is 33.1 Å². The van der Waals surface area contributed by atoms with Crippen LogP contribution in [0, 0.1) is 16.7 Å². The first kappa shape index (κ1) is 20.1. The van der Waals surface area contributed by atoms with E-state index in [-0.39, 0.29) is 17.4 Å². The largest absolute Gasteiger partial charge is 0.349 e. The predicted molar refractivity (Wildman–Crippen MR) is 118 cm³/mol. The lowest BCUT2D eigenvalue weighted by Crippen LogP contribution is -2.65. The molecule has 2 atom stereocenters. The van der Waals surface area contributed by atoms with Crippen LogP contribution in [0.25, 0.3) is 0 Å². The van der Waals surface area contributed by atoms with Gasteiger partial charge in [0.15, 0.2) is 0 Å². The van der Waals surface area contributed by atoms with Crippen LogP contribution in [-0.4, -0.2) is 23.4 Å². The summed E-state index contributed by atoms with van der Waals surface area (Å²) in [6.07, 6.45) is 13.1. The average Bonchev–Trinajstić information content (AvgIpc) is 2.65. The summed E-state index contributed by atoms with van der Waals surface area (Å²) in [6.45, 7) is 4.85. The lowest BCUT2D eigenvalue weighted by atomic mass is 9.43. The van der Waals surface area contributed by atoms with E-state index in [1.165, 1.54) is 38.5 Å². The molecule has 4 heteroatoms. The summed E-state index contributed by atoms with van der Waals surface area (Å²) in [4.78, 5) is 25.7. The molecule has 5 fully saturated rings. The summed E-state index contributed by atoms with van der Waals surface area (Å²) in [5.41, 5.74) is 2.02. The van der Waals surface area contributed by atoms with E-state index in [0.717, 1.165) is 38.0 Å². The fourth-order valence-electron chi connectivity index (χ4n) is 8.19. The lowest BCUT2D eigenvalue weighted by molar-refractivity contribution is -0.114. The molecular formula is C26H36N2O2. The second-order valence-corrected chi connectivity index (χ2v) is 11.8. The maximum atomic E-state index is 13.1. The van der Waals surface area contributed by atoms with Crippen molar-refractivity contribution in [2.75, 3.05) is 0 Å². The summed E-state index contributed by atoms with van der Waals surface area (Å²) in [5.74, 6) is 0.751. The maximum Gasteiger partial charge on any atom is 0.251 e. The number of hydrogen-bond donors (Lipinski definition) is 2. The second-order valence-electron chi connectivity index (χ2n) is 11.8. The third-order valence-electron chi connectivity index (χ3n) is 8.35. The van der Waals surface area contributed by atoms with Crippen LogP contribution in [0.15, 0.2) is 24.3 Å². The highest BCUT2D eigenvalue weighted by molar-refractivity contribution is 5.98. The van der Waals surface area contributed by atoms with E-state index in [0.29, 0.717) is 28.0 Å². The molecule has 4 bridgehead atoms. The van der Waals surface area contributed by atoms with Crippen molar-refractivity contribution >= 4 is 11.8 Å². The number of nitrogens with one attached hydrogen (secondary N) is 2. The van der Waals surface area contributed by atoms with Crippen LogP contribution >= 0.6 is 0 Å². The Kier molecular flexibility index (Phi) is 4.75. The highest BCUT2D eigenvalue weighted by atomic mass is 16.2. The third kappa shape index (κ3) is 3.78. The Morgan fingerprint density at radius 3 is 1.93 bits per heavy atom. The van der Waals surface area contributed by atoms with Gasteiger partial charge in [0, 0.05) is 22.7 Å². The molecule has 2 unspecified atom stereocenters. The van der Waals surface area contributed by atoms with Gasteiger partial charge in [-0.25, -0.2) is 0 Å². The van der Waals surface area contributed by atoms with Crippen LogP contribution in [-0.2, 0) is 0 Å². The minimum atomic E-state index is -0.0446. The van der Waals surface area contributed by atoms with Crippen LogP contribution in [0.1, 0.15) is 105 Å². The SMILES string of the molecule is CC12CC3CC(C)(C1)CC(NC(=O)c1ccc(C(=O)NC4CCCCC4)cc1)(C3)C2. The van der Waals surface area contributed by atoms with Gasteiger partial charge in [-0.2, -0.15) is 0 Å². The van der Waals surface area contributed by atoms with Crippen LogP contribution in [0.5, 0.6) is 0 Å². The quantitative estimate of drug-likeness (QED) is 0.717. The molecule has 1 aromatic carbocycles. The second kappa shape index (κ2) is 7.10. The van der Waals surface area contributed by atoms with Crippen LogP contribution in [0.2, 0.25) is 0 Å². The highest BCUT2D eigenvalue weighted by Crippen LogP contribution is 2.66. The topological polar surface area (TPSA) is 58.2 Å². The minimum absolute atomic E-state index is 0.0170. The molecule has 0 saturated heterocycles. The number of carbonyl (C=O) groups is 2. The molecule has 0 aliphatic heterocycles. The molecule has 4 nitrogen and oxygen atoms in total. The Morgan fingerprint density at radius 2 is 1.37 bits per heavy atom. The lowest BCUT2D eigenvalue weighted by Gasteiger charge is -2.65. The first-order chi connectivity index (χ1) is 14.3. The zero-order valence-corrected chi connectivity index (χ0v) is 18.6. The zero-order valence-electron chi connectivity index (χ0n) is 18.6. The molecule has 1 aromatic rings. The van der Waals surface area contributed by atoms with Gasteiger partial charge in [-0.05, 0) is 92.4 Å². The fraction of sp³-hybridized carbons (Fsp3) is 0.692. The molecule has 5 saturated carbocycles. The van der Waals surface area contributed by atoms with Gasteiger partial charge in [0.1, 0.15) is 0 Å². The van der Waals surface area contributed by atoms with Crippen molar-refractivity contribution in [3.05, 3.63) is 35.4 Å². The average molecular weight is 409 g/mol. The number of benzene rings is 1. The van der Waals surface area contributed by atoms with Crippen LogP contribution in [0.3, 0.4) is 0 Å². The Morgan fingerprint density at radius 1 is 0.800 bits per heavy atom. The smallest absolute Gasteiger partial charge is 0.251 e. The molecule has 5 aliphatic rings. The van der Waals surface area contributed by atoms with Crippen molar-refractivity contribution in [2.45, 2.75) is 96.1 Å². The monoisotopic (exact) mass is 408 g/mol. The zero-order chi connectivity index (χ0) is 21.0. The van der Waals surface area contributed by atoms with Gasteiger partial charge in [-0.15, -0.1) is 0 Å². The van der Waals surface area contributed by atoms with E-state index in [9.17, 15) is 9.59 Å². The number of amides is 2. The molecule has 162 valence electrons. The molecule has 5 aliphatic carbocycles. The molecule has 0 spiro atoms. The molecule has 2 N–H and O–H groups in total. The number of rotatable bonds is 4. The first-order valence-electron chi connectivity index (χ1n) is 12.0. The summed E-state index contributed by atoms with van der Waals surface area (Å²) in [7, 11) is 0. The molecule has 0 heterocycles. The van der Waals surface area contributed by atoms with Crippen LogP contribution < -0.4 is 10.6 Å². The summed E-state index contributed by atoms with van der Waals surface area (Å²) >= 11 is 0. The van der Waals surface area contributed by atoms with E-state index in [1.807, 2.05) is 12.1 Å². The van der Waals surface area contributed by atoms with Crippen molar-refractivity contribution in [3.8, 4) is 0 Å². The molecular weight excluding hydrogens is 372 g/mol. The number of carbonyl (C=O) groups excluding carboxylic acids is 2. The van der Waals surface area contributed by atoms with Crippen molar-refractivity contribution < 1.29 is 9.59 Å². The normalized spacial score (nSPS) is 37.7. The van der Waals surface area contributed by atoms with E-state index in [4.69, 9.17) is 0 Å².